The van der Waals surface area contributed by atoms with Crippen LogP contribution in [0, 0.1) is 6.92 Å². The highest BCUT2D eigenvalue weighted by Crippen LogP contribution is 2.24. The SMILES string of the molecule is Cc1nn(-c2ccccc2)cc1C(=O)N1CCC(O)(C(=O)O)CC1. The van der Waals surface area contributed by atoms with Crippen LogP contribution in [0.15, 0.2) is 36.5 Å². The van der Waals surface area contributed by atoms with Crippen LogP contribution in [0.5, 0.6) is 0 Å². The lowest BCUT2D eigenvalue weighted by Gasteiger charge is -2.35. The van der Waals surface area contributed by atoms with Crippen LogP contribution in [0.4, 0.5) is 0 Å². The van der Waals surface area contributed by atoms with Gasteiger partial charge in [-0.2, -0.15) is 5.10 Å². The van der Waals surface area contributed by atoms with Gasteiger partial charge in [-0.3, -0.25) is 4.79 Å². The Morgan fingerprint density at radius 3 is 2.38 bits per heavy atom. The van der Waals surface area contributed by atoms with Crippen LogP contribution in [0.1, 0.15) is 28.9 Å². The second-order valence-corrected chi connectivity index (χ2v) is 6.04. The number of piperidine rings is 1. The molecule has 1 aromatic heterocycles. The third-order valence-electron chi connectivity index (χ3n) is 4.43. The maximum absolute atomic E-state index is 12.7. The van der Waals surface area contributed by atoms with Crippen LogP contribution < -0.4 is 0 Å². The molecular weight excluding hydrogens is 310 g/mol. The molecule has 0 atom stereocenters. The van der Waals surface area contributed by atoms with Gasteiger partial charge in [0.15, 0.2) is 5.60 Å². The number of hydrogen-bond donors (Lipinski definition) is 2. The first-order valence-corrected chi connectivity index (χ1v) is 7.77. The first kappa shape index (κ1) is 16.2. The number of nitrogens with zero attached hydrogens (tertiary/aromatic N) is 3. The number of carboxylic acids is 1. The van der Waals surface area contributed by atoms with Gasteiger partial charge in [0.1, 0.15) is 0 Å². The van der Waals surface area contributed by atoms with Gasteiger partial charge in [-0.1, -0.05) is 18.2 Å². The summed E-state index contributed by atoms with van der Waals surface area (Å²) in [6.45, 7) is 2.18. The topological polar surface area (TPSA) is 95.7 Å². The van der Waals surface area contributed by atoms with Crippen LogP contribution in [0.2, 0.25) is 0 Å². The van der Waals surface area contributed by atoms with Gasteiger partial charge < -0.3 is 15.1 Å². The second-order valence-electron chi connectivity index (χ2n) is 6.04. The van der Waals surface area contributed by atoms with E-state index in [0.717, 1.165) is 5.69 Å². The maximum Gasteiger partial charge on any atom is 0.335 e. The minimum absolute atomic E-state index is 0.0277. The zero-order chi connectivity index (χ0) is 17.3. The van der Waals surface area contributed by atoms with Crippen molar-refractivity contribution in [3.63, 3.8) is 0 Å². The van der Waals surface area contributed by atoms with E-state index in [0.29, 0.717) is 11.3 Å². The third kappa shape index (κ3) is 2.90. The summed E-state index contributed by atoms with van der Waals surface area (Å²) in [5.41, 5.74) is 0.223. The Balaban J connectivity index is 1.77. The molecule has 2 aromatic rings. The molecule has 1 amide bonds. The summed E-state index contributed by atoms with van der Waals surface area (Å²) < 4.78 is 1.65. The Labute approximate surface area is 139 Å². The Hall–Kier alpha value is -2.67. The molecule has 0 unspecified atom stereocenters. The van der Waals surface area contributed by atoms with E-state index in [4.69, 9.17) is 5.11 Å². The minimum Gasteiger partial charge on any atom is -0.479 e. The molecule has 1 fully saturated rings. The van der Waals surface area contributed by atoms with Gasteiger partial charge in [0.25, 0.3) is 5.91 Å². The molecule has 0 radical (unpaired) electrons. The summed E-state index contributed by atoms with van der Waals surface area (Å²) in [5.74, 6) is -1.43. The van der Waals surface area contributed by atoms with E-state index in [2.05, 4.69) is 5.10 Å². The number of rotatable bonds is 3. The molecule has 1 aromatic carbocycles. The van der Waals surface area contributed by atoms with Crippen molar-refractivity contribution in [3.8, 4) is 5.69 Å². The lowest BCUT2D eigenvalue weighted by Crippen LogP contribution is -2.50. The van der Waals surface area contributed by atoms with Crippen molar-refractivity contribution in [2.45, 2.75) is 25.4 Å². The van der Waals surface area contributed by atoms with Crippen LogP contribution in [0.25, 0.3) is 5.69 Å². The molecule has 0 saturated carbocycles. The van der Waals surface area contributed by atoms with Crippen molar-refractivity contribution >= 4 is 11.9 Å². The maximum atomic E-state index is 12.7. The predicted octanol–water partition coefficient (Wildman–Crippen LogP) is 1.23. The summed E-state index contributed by atoms with van der Waals surface area (Å²) in [7, 11) is 0. The average Bonchev–Trinajstić information content (AvgIpc) is 2.97. The lowest BCUT2D eigenvalue weighted by molar-refractivity contribution is -0.162. The number of carboxylic acid groups (broad SMARTS) is 1. The molecule has 1 saturated heterocycles. The van der Waals surface area contributed by atoms with Crippen molar-refractivity contribution < 1.29 is 19.8 Å². The molecule has 1 aliphatic heterocycles. The van der Waals surface area contributed by atoms with E-state index in [-0.39, 0.29) is 31.8 Å². The summed E-state index contributed by atoms with van der Waals surface area (Å²) in [5, 5.41) is 23.4. The number of aromatic nitrogens is 2. The van der Waals surface area contributed by atoms with E-state index in [1.807, 2.05) is 30.3 Å². The summed E-state index contributed by atoms with van der Waals surface area (Å²) in [6.07, 6.45) is 1.74. The molecule has 3 rings (SSSR count). The molecule has 7 heteroatoms. The number of aliphatic hydroxyl groups is 1. The largest absolute Gasteiger partial charge is 0.479 e. The van der Waals surface area contributed by atoms with Crippen molar-refractivity contribution in [1.82, 2.24) is 14.7 Å². The number of amides is 1. The Kier molecular flexibility index (Phi) is 4.11. The molecule has 0 aliphatic carbocycles. The van der Waals surface area contributed by atoms with E-state index in [9.17, 15) is 14.7 Å². The highest BCUT2D eigenvalue weighted by atomic mass is 16.4. The first-order valence-electron chi connectivity index (χ1n) is 7.77. The summed E-state index contributed by atoms with van der Waals surface area (Å²) in [4.78, 5) is 25.3. The van der Waals surface area contributed by atoms with Gasteiger partial charge in [0, 0.05) is 32.1 Å². The zero-order valence-electron chi connectivity index (χ0n) is 13.3. The number of aliphatic carboxylic acids is 1. The smallest absolute Gasteiger partial charge is 0.335 e. The second kappa shape index (κ2) is 6.09. The fraction of sp³-hybridized carbons (Fsp3) is 0.353. The molecule has 126 valence electrons. The Morgan fingerprint density at radius 2 is 1.79 bits per heavy atom. The fourth-order valence-corrected chi connectivity index (χ4v) is 2.85. The Morgan fingerprint density at radius 1 is 1.17 bits per heavy atom. The molecule has 2 heterocycles. The van der Waals surface area contributed by atoms with Crippen LogP contribution in [-0.2, 0) is 4.79 Å². The van der Waals surface area contributed by atoms with Gasteiger partial charge >= 0.3 is 5.97 Å². The monoisotopic (exact) mass is 329 g/mol. The van der Waals surface area contributed by atoms with Crippen molar-refractivity contribution in [2.24, 2.45) is 0 Å². The lowest BCUT2D eigenvalue weighted by atomic mass is 9.91. The zero-order valence-corrected chi connectivity index (χ0v) is 13.3. The van der Waals surface area contributed by atoms with Gasteiger partial charge in [0.05, 0.1) is 16.9 Å². The number of aryl methyl sites for hydroxylation is 1. The number of hydrogen-bond acceptors (Lipinski definition) is 4. The van der Waals surface area contributed by atoms with E-state index < -0.39 is 11.6 Å². The highest BCUT2D eigenvalue weighted by molar-refractivity contribution is 5.95. The number of carbonyl (C=O) groups is 2. The van der Waals surface area contributed by atoms with Gasteiger partial charge in [-0.15, -0.1) is 0 Å². The molecule has 0 bridgehead atoms. The first-order chi connectivity index (χ1) is 11.4. The van der Waals surface area contributed by atoms with Gasteiger partial charge in [0.2, 0.25) is 0 Å². The number of para-hydroxylation sites is 1. The third-order valence-corrected chi connectivity index (χ3v) is 4.43. The molecule has 1 aliphatic rings. The van der Waals surface area contributed by atoms with Crippen LogP contribution >= 0.6 is 0 Å². The van der Waals surface area contributed by atoms with E-state index in [1.165, 1.54) is 0 Å². The normalized spacial score (nSPS) is 16.8. The summed E-state index contributed by atoms with van der Waals surface area (Å²) in [6, 6.07) is 9.49. The highest BCUT2D eigenvalue weighted by Gasteiger charge is 2.40. The predicted molar refractivity (Wildman–Crippen MR) is 86.0 cm³/mol. The Bertz CT molecular complexity index is 761. The number of carbonyl (C=O) groups excluding carboxylic acids is 1. The average molecular weight is 329 g/mol. The van der Waals surface area contributed by atoms with Gasteiger partial charge in [-0.25, -0.2) is 9.48 Å². The molecule has 0 spiro atoms. The van der Waals surface area contributed by atoms with Crippen LogP contribution in [0.3, 0.4) is 0 Å². The fourth-order valence-electron chi connectivity index (χ4n) is 2.85. The van der Waals surface area contributed by atoms with Crippen LogP contribution in [-0.4, -0.2) is 55.5 Å². The van der Waals surface area contributed by atoms with E-state index >= 15 is 0 Å². The molecular formula is C17H19N3O4. The standard InChI is InChI=1S/C17H19N3O4/c1-12-14(11-20(18-12)13-5-3-2-4-6-13)15(21)19-9-7-17(24,8-10-19)16(22)23/h2-6,11,24H,7-10H2,1H3,(H,22,23). The van der Waals surface area contributed by atoms with Gasteiger partial charge in [-0.05, 0) is 19.1 Å². The molecule has 2 N–H and O–H groups in total. The van der Waals surface area contributed by atoms with E-state index in [1.54, 1.807) is 22.7 Å². The van der Waals surface area contributed by atoms with Crippen molar-refractivity contribution in [3.05, 3.63) is 47.8 Å². The van der Waals surface area contributed by atoms with Crippen molar-refractivity contribution in [1.29, 1.82) is 0 Å². The quantitative estimate of drug-likeness (QED) is 0.883. The molecule has 7 nitrogen and oxygen atoms in total. The molecule has 24 heavy (non-hydrogen) atoms. The summed E-state index contributed by atoms with van der Waals surface area (Å²) >= 11 is 0. The van der Waals surface area contributed by atoms with Crippen molar-refractivity contribution in [2.75, 3.05) is 13.1 Å². The number of benzene rings is 1. The number of likely N-dealkylation sites (tertiary alicyclic amines) is 1. The minimum atomic E-state index is -1.74.